The van der Waals surface area contributed by atoms with Crippen molar-refractivity contribution in [2.24, 2.45) is 0 Å². The van der Waals surface area contributed by atoms with E-state index in [9.17, 15) is 4.79 Å². The molecule has 0 N–H and O–H groups in total. The summed E-state index contributed by atoms with van der Waals surface area (Å²) in [6.45, 7) is 4.46. The summed E-state index contributed by atoms with van der Waals surface area (Å²) < 4.78 is 13.0. The quantitative estimate of drug-likeness (QED) is 0.396. The third-order valence-electron chi connectivity index (χ3n) is 5.77. The van der Waals surface area contributed by atoms with E-state index in [1.807, 2.05) is 46.0 Å². The van der Waals surface area contributed by atoms with Crippen LogP contribution in [-0.4, -0.2) is 33.7 Å². The molecule has 4 rings (SSSR count). The fourth-order valence-corrected chi connectivity index (χ4v) is 3.95. The third-order valence-corrected chi connectivity index (χ3v) is 5.77. The second-order valence-corrected chi connectivity index (χ2v) is 8.22. The molecule has 6 heteroatoms. The molecule has 3 aromatic rings. The van der Waals surface area contributed by atoms with Crippen LogP contribution in [0.1, 0.15) is 54.1 Å². The van der Waals surface area contributed by atoms with E-state index >= 15 is 0 Å². The van der Waals surface area contributed by atoms with Crippen molar-refractivity contribution in [1.29, 1.82) is 0 Å². The topological polar surface area (TPSA) is 56.6 Å². The number of aryl methyl sites for hydroxylation is 2. The Hall–Kier alpha value is -3.28. The zero-order chi connectivity index (χ0) is 22.2. The lowest BCUT2D eigenvalue weighted by Crippen LogP contribution is -2.32. The van der Waals surface area contributed by atoms with Gasteiger partial charge in [0, 0.05) is 37.6 Å². The molecular formula is C26H31N3O3. The van der Waals surface area contributed by atoms with Crippen molar-refractivity contribution in [2.75, 3.05) is 13.3 Å². The zero-order valence-electron chi connectivity index (χ0n) is 18.7. The van der Waals surface area contributed by atoms with Crippen molar-refractivity contribution in [3.05, 3.63) is 77.9 Å². The molecule has 1 amide bonds. The van der Waals surface area contributed by atoms with Gasteiger partial charge in [-0.15, -0.1) is 0 Å². The maximum absolute atomic E-state index is 13.4. The molecule has 0 saturated heterocycles. The molecule has 0 atom stereocenters. The number of carbonyl (C=O) groups is 1. The molecule has 1 aromatic heterocycles. The predicted molar refractivity (Wildman–Crippen MR) is 124 cm³/mol. The van der Waals surface area contributed by atoms with Gasteiger partial charge < -0.3 is 18.9 Å². The Morgan fingerprint density at radius 1 is 1.03 bits per heavy atom. The number of aromatic nitrogens is 2. The highest BCUT2D eigenvalue weighted by atomic mass is 16.7. The first-order valence-corrected chi connectivity index (χ1v) is 11.5. The van der Waals surface area contributed by atoms with E-state index in [0.29, 0.717) is 13.1 Å². The summed E-state index contributed by atoms with van der Waals surface area (Å²) in [6, 6.07) is 14.0. The van der Waals surface area contributed by atoms with E-state index in [1.54, 1.807) is 12.5 Å². The van der Waals surface area contributed by atoms with Crippen LogP contribution in [0.5, 0.6) is 11.5 Å². The van der Waals surface area contributed by atoms with Crippen molar-refractivity contribution in [3.8, 4) is 11.5 Å². The number of imidazole rings is 1. The molecule has 0 unspecified atom stereocenters. The molecule has 1 aliphatic heterocycles. The van der Waals surface area contributed by atoms with Crippen LogP contribution in [-0.2, 0) is 19.5 Å². The second-order valence-electron chi connectivity index (χ2n) is 8.22. The first kappa shape index (κ1) is 21.9. The van der Waals surface area contributed by atoms with Gasteiger partial charge in [-0.2, -0.15) is 0 Å². The molecule has 0 aliphatic carbocycles. The lowest BCUT2D eigenvalue weighted by molar-refractivity contribution is 0.0739. The molecule has 168 valence electrons. The van der Waals surface area contributed by atoms with Crippen LogP contribution in [0.4, 0.5) is 0 Å². The summed E-state index contributed by atoms with van der Waals surface area (Å²) in [5.74, 6) is 1.54. The van der Waals surface area contributed by atoms with Crippen LogP contribution in [0.2, 0.25) is 0 Å². The maximum atomic E-state index is 13.4. The van der Waals surface area contributed by atoms with Gasteiger partial charge in [-0.25, -0.2) is 4.98 Å². The molecule has 2 heterocycles. The van der Waals surface area contributed by atoms with Gasteiger partial charge in [-0.1, -0.05) is 38.0 Å². The van der Waals surface area contributed by atoms with Crippen molar-refractivity contribution in [3.63, 3.8) is 0 Å². The smallest absolute Gasteiger partial charge is 0.254 e. The van der Waals surface area contributed by atoms with Crippen LogP contribution in [0.15, 0.2) is 61.2 Å². The number of hydrogen-bond donors (Lipinski definition) is 0. The predicted octanol–water partition coefficient (Wildman–Crippen LogP) is 5.08. The fourth-order valence-electron chi connectivity index (χ4n) is 3.95. The molecular weight excluding hydrogens is 402 g/mol. The number of nitrogens with zero attached hydrogens (tertiary/aromatic N) is 3. The average molecular weight is 434 g/mol. The molecule has 1 aliphatic rings. The number of unbranched alkanes of at least 4 members (excludes halogenated alkanes) is 2. The first-order chi connectivity index (χ1) is 15.7. The zero-order valence-corrected chi connectivity index (χ0v) is 18.7. The van der Waals surface area contributed by atoms with Gasteiger partial charge in [0.15, 0.2) is 11.5 Å². The fraction of sp³-hybridized carbons (Fsp3) is 0.385. The van der Waals surface area contributed by atoms with Gasteiger partial charge in [0.05, 0.1) is 6.33 Å². The Labute approximate surface area is 189 Å². The number of carbonyl (C=O) groups excluding carboxylic acids is 1. The Morgan fingerprint density at radius 2 is 1.84 bits per heavy atom. The van der Waals surface area contributed by atoms with Crippen LogP contribution in [0.25, 0.3) is 0 Å². The maximum Gasteiger partial charge on any atom is 0.254 e. The minimum absolute atomic E-state index is 0.0495. The molecule has 32 heavy (non-hydrogen) atoms. The first-order valence-electron chi connectivity index (χ1n) is 11.5. The van der Waals surface area contributed by atoms with E-state index in [-0.39, 0.29) is 12.7 Å². The lowest BCUT2D eigenvalue weighted by atomic mass is 10.0. The van der Waals surface area contributed by atoms with Crippen molar-refractivity contribution in [1.82, 2.24) is 14.5 Å². The molecule has 2 aromatic carbocycles. The van der Waals surface area contributed by atoms with Gasteiger partial charge in [0.25, 0.3) is 5.91 Å². The number of fused-ring (bicyclic) bond motifs is 1. The minimum atomic E-state index is 0.0495. The van der Waals surface area contributed by atoms with E-state index in [2.05, 4.69) is 24.0 Å². The minimum Gasteiger partial charge on any atom is -0.454 e. The van der Waals surface area contributed by atoms with Gasteiger partial charge in [0.2, 0.25) is 6.79 Å². The third kappa shape index (κ3) is 5.69. The van der Waals surface area contributed by atoms with Gasteiger partial charge in [-0.3, -0.25) is 4.79 Å². The Balaban J connectivity index is 1.45. The number of benzene rings is 2. The summed E-state index contributed by atoms with van der Waals surface area (Å²) in [5, 5.41) is 0. The summed E-state index contributed by atoms with van der Waals surface area (Å²) in [6.07, 6.45) is 11.1. The Morgan fingerprint density at radius 3 is 2.62 bits per heavy atom. The van der Waals surface area contributed by atoms with E-state index in [4.69, 9.17) is 9.47 Å². The lowest BCUT2D eigenvalue weighted by Gasteiger charge is -2.23. The highest BCUT2D eigenvalue weighted by molar-refractivity contribution is 5.94. The molecule has 0 bridgehead atoms. The molecule has 0 saturated carbocycles. The number of ether oxygens (including phenoxy) is 2. The SMILES string of the molecule is CCCCCc1ccc(C(=O)N(CCCn2ccnc2)Cc2ccc3c(c2)OCO3)cc1. The standard InChI is InChI=1S/C26H31N3O3/c1-2-3-4-6-21-7-10-23(11-8-21)26(30)29(15-5-14-28-16-13-27-19-28)18-22-9-12-24-25(17-22)32-20-31-24/h7-13,16-17,19H,2-6,14-15,18,20H2,1H3. The summed E-state index contributed by atoms with van der Waals surface area (Å²) in [7, 11) is 0. The normalized spacial score (nSPS) is 12.2. The monoisotopic (exact) mass is 433 g/mol. The van der Waals surface area contributed by atoms with Crippen LogP contribution >= 0.6 is 0 Å². The number of rotatable bonds is 11. The van der Waals surface area contributed by atoms with Gasteiger partial charge >= 0.3 is 0 Å². The van der Waals surface area contributed by atoms with Crippen LogP contribution in [0, 0.1) is 0 Å². The molecule has 0 spiro atoms. The largest absolute Gasteiger partial charge is 0.454 e. The van der Waals surface area contributed by atoms with Crippen molar-refractivity contribution >= 4 is 5.91 Å². The van der Waals surface area contributed by atoms with Crippen LogP contribution in [0.3, 0.4) is 0 Å². The van der Waals surface area contributed by atoms with E-state index < -0.39 is 0 Å². The molecule has 0 fully saturated rings. The molecule has 0 radical (unpaired) electrons. The second kappa shape index (κ2) is 10.8. The van der Waals surface area contributed by atoms with Crippen molar-refractivity contribution in [2.45, 2.75) is 52.1 Å². The van der Waals surface area contributed by atoms with Crippen LogP contribution < -0.4 is 9.47 Å². The highest BCUT2D eigenvalue weighted by Crippen LogP contribution is 2.33. The Bertz CT molecular complexity index is 1000. The van der Waals surface area contributed by atoms with Gasteiger partial charge in [-0.05, 0) is 54.7 Å². The summed E-state index contributed by atoms with van der Waals surface area (Å²) in [4.78, 5) is 19.4. The van der Waals surface area contributed by atoms with Crippen molar-refractivity contribution < 1.29 is 14.3 Å². The number of hydrogen-bond acceptors (Lipinski definition) is 4. The Kier molecular flexibility index (Phi) is 7.43. The van der Waals surface area contributed by atoms with E-state index in [1.165, 1.54) is 24.8 Å². The van der Waals surface area contributed by atoms with Gasteiger partial charge in [0.1, 0.15) is 0 Å². The van der Waals surface area contributed by atoms with E-state index in [0.717, 1.165) is 42.0 Å². The number of amides is 1. The molecule has 6 nitrogen and oxygen atoms in total. The average Bonchev–Trinajstić information content (AvgIpc) is 3.50. The highest BCUT2D eigenvalue weighted by Gasteiger charge is 2.19. The summed E-state index contributed by atoms with van der Waals surface area (Å²) >= 11 is 0. The summed E-state index contributed by atoms with van der Waals surface area (Å²) in [5.41, 5.74) is 3.05.